The maximum atomic E-state index is 12.6. The molecule has 9 heteroatoms. The van der Waals surface area contributed by atoms with E-state index in [-0.39, 0.29) is 12.6 Å². The van der Waals surface area contributed by atoms with Crippen LogP contribution in [0.1, 0.15) is 5.56 Å². The molecule has 0 aliphatic heterocycles. The second-order valence-corrected chi connectivity index (χ2v) is 4.84. The van der Waals surface area contributed by atoms with Gasteiger partial charge in [0, 0.05) is 18.0 Å². The Morgan fingerprint density at radius 1 is 1.33 bits per heavy atom. The van der Waals surface area contributed by atoms with Crippen LogP contribution in [-0.2, 0) is 6.18 Å². The summed E-state index contributed by atoms with van der Waals surface area (Å²) in [5.41, 5.74) is -0.606. The van der Waals surface area contributed by atoms with Gasteiger partial charge in [0.1, 0.15) is 17.3 Å². The van der Waals surface area contributed by atoms with Gasteiger partial charge in [0.2, 0.25) is 5.95 Å². The van der Waals surface area contributed by atoms with Gasteiger partial charge in [-0.05, 0) is 12.1 Å². The van der Waals surface area contributed by atoms with Crippen LogP contribution in [0.5, 0.6) is 11.5 Å². The molecule has 0 atom stereocenters. The molecule has 0 spiro atoms. The lowest BCUT2D eigenvalue weighted by Crippen LogP contribution is -2.09. The van der Waals surface area contributed by atoms with Gasteiger partial charge in [0.05, 0.1) is 7.11 Å². The summed E-state index contributed by atoms with van der Waals surface area (Å²) in [4.78, 5) is 7.23. The van der Waals surface area contributed by atoms with Crippen molar-refractivity contribution in [1.29, 1.82) is 0 Å². The fourth-order valence-electron chi connectivity index (χ4n) is 1.76. The van der Waals surface area contributed by atoms with Gasteiger partial charge < -0.3 is 14.8 Å². The van der Waals surface area contributed by atoms with Crippen molar-refractivity contribution in [2.75, 3.05) is 19.0 Å². The first-order chi connectivity index (χ1) is 11.3. The largest absolute Gasteiger partial charge is 0.493 e. The molecular formula is C15H13ClF3N3O2. The quantitative estimate of drug-likeness (QED) is 0.609. The second-order valence-electron chi connectivity index (χ2n) is 4.49. The van der Waals surface area contributed by atoms with Crippen molar-refractivity contribution in [3.8, 4) is 11.5 Å². The maximum absolute atomic E-state index is 12.6. The molecule has 5 nitrogen and oxygen atoms in total. The minimum atomic E-state index is -4.61. The number of hydrogen-bond acceptors (Lipinski definition) is 5. The lowest BCUT2D eigenvalue weighted by Gasteiger charge is -2.13. The van der Waals surface area contributed by atoms with E-state index >= 15 is 0 Å². The summed E-state index contributed by atoms with van der Waals surface area (Å²) in [6.45, 7) is 3.82. The number of halogens is 4. The lowest BCUT2D eigenvalue weighted by atomic mass is 10.2. The van der Waals surface area contributed by atoms with Gasteiger partial charge in [-0.2, -0.15) is 13.2 Å². The normalized spacial score (nSPS) is 11.0. The van der Waals surface area contributed by atoms with E-state index in [1.807, 2.05) is 0 Å². The number of nitrogens with one attached hydrogen (secondary N) is 1. The molecule has 24 heavy (non-hydrogen) atoms. The van der Waals surface area contributed by atoms with E-state index in [1.165, 1.54) is 7.11 Å². The van der Waals surface area contributed by atoms with Crippen LogP contribution in [0.3, 0.4) is 0 Å². The van der Waals surface area contributed by atoms with E-state index in [1.54, 1.807) is 24.3 Å². The third-order valence-electron chi connectivity index (χ3n) is 2.82. The van der Waals surface area contributed by atoms with Crippen LogP contribution in [0.2, 0.25) is 5.15 Å². The topological polar surface area (TPSA) is 56.3 Å². The van der Waals surface area contributed by atoms with Gasteiger partial charge in [-0.25, -0.2) is 9.97 Å². The fourth-order valence-corrected chi connectivity index (χ4v) is 1.99. The molecule has 0 unspecified atom stereocenters. The SMILES string of the molecule is C=CCOc1cc(Nc2ncc(C(F)(F)F)c(Cl)n2)ccc1OC. The van der Waals surface area contributed by atoms with Crippen molar-refractivity contribution in [1.82, 2.24) is 9.97 Å². The molecule has 1 heterocycles. The number of benzene rings is 1. The smallest absolute Gasteiger partial charge is 0.420 e. The van der Waals surface area contributed by atoms with Crippen molar-refractivity contribution in [3.05, 3.63) is 47.8 Å². The van der Waals surface area contributed by atoms with Crippen LogP contribution in [0.4, 0.5) is 24.8 Å². The Morgan fingerprint density at radius 2 is 2.08 bits per heavy atom. The molecule has 0 amide bonds. The third-order valence-corrected chi connectivity index (χ3v) is 3.11. The average molecular weight is 360 g/mol. The first-order valence-electron chi connectivity index (χ1n) is 6.63. The highest BCUT2D eigenvalue weighted by atomic mass is 35.5. The summed E-state index contributed by atoms with van der Waals surface area (Å²) in [5, 5.41) is 2.07. The zero-order chi connectivity index (χ0) is 17.7. The minimum Gasteiger partial charge on any atom is -0.493 e. The molecule has 2 rings (SSSR count). The zero-order valence-corrected chi connectivity index (χ0v) is 13.3. The Morgan fingerprint density at radius 3 is 2.67 bits per heavy atom. The monoisotopic (exact) mass is 359 g/mol. The molecule has 2 aromatic rings. The Labute approximate surface area is 141 Å². The fraction of sp³-hybridized carbons (Fsp3) is 0.200. The molecule has 1 aromatic heterocycles. The Balaban J connectivity index is 2.24. The molecule has 1 N–H and O–H groups in total. The van der Waals surface area contributed by atoms with E-state index in [4.69, 9.17) is 21.1 Å². The van der Waals surface area contributed by atoms with Crippen molar-refractivity contribution >= 4 is 23.2 Å². The highest BCUT2D eigenvalue weighted by Gasteiger charge is 2.34. The first kappa shape index (κ1) is 17.9. The van der Waals surface area contributed by atoms with Crippen molar-refractivity contribution in [3.63, 3.8) is 0 Å². The van der Waals surface area contributed by atoms with Crippen LogP contribution in [0, 0.1) is 0 Å². The summed E-state index contributed by atoms with van der Waals surface area (Å²) in [6, 6.07) is 4.86. The Kier molecular flexibility index (Phi) is 5.50. The first-order valence-corrected chi connectivity index (χ1v) is 7.01. The number of ether oxygens (including phenoxy) is 2. The number of hydrogen-bond donors (Lipinski definition) is 1. The Bertz CT molecular complexity index is 738. The molecule has 0 aliphatic carbocycles. The van der Waals surface area contributed by atoms with Gasteiger partial charge in [0.15, 0.2) is 11.5 Å². The zero-order valence-electron chi connectivity index (χ0n) is 12.5. The summed E-state index contributed by atoms with van der Waals surface area (Å²) >= 11 is 5.56. The number of aromatic nitrogens is 2. The van der Waals surface area contributed by atoms with Gasteiger partial charge in [0.25, 0.3) is 0 Å². The van der Waals surface area contributed by atoms with Crippen molar-refractivity contribution in [2.24, 2.45) is 0 Å². The molecular weight excluding hydrogens is 347 g/mol. The number of rotatable bonds is 6. The van der Waals surface area contributed by atoms with Gasteiger partial charge in [-0.15, -0.1) is 0 Å². The lowest BCUT2D eigenvalue weighted by molar-refractivity contribution is -0.137. The molecule has 128 valence electrons. The predicted octanol–water partition coefficient (Wildman–Crippen LogP) is 4.47. The molecule has 0 fully saturated rings. The highest BCUT2D eigenvalue weighted by molar-refractivity contribution is 6.30. The summed E-state index contributed by atoms with van der Waals surface area (Å²) < 4.78 is 48.5. The molecule has 0 aliphatic rings. The van der Waals surface area contributed by atoms with Crippen LogP contribution in [0.25, 0.3) is 0 Å². The van der Waals surface area contributed by atoms with Gasteiger partial charge in [-0.1, -0.05) is 24.3 Å². The molecule has 0 bridgehead atoms. The van der Waals surface area contributed by atoms with Crippen LogP contribution in [0.15, 0.2) is 37.1 Å². The second kappa shape index (κ2) is 7.39. The van der Waals surface area contributed by atoms with E-state index in [0.29, 0.717) is 23.4 Å². The summed E-state index contributed by atoms with van der Waals surface area (Å²) in [7, 11) is 1.49. The van der Waals surface area contributed by atoms with Crippen molar-refractivity contribution in [2.45, 2.75) is 6.18 Å². The average Bonchev–Trinajstić information content (AvgIpc) is 2.52. The maximum Gasteiger partial charge on any atom is 0.420 e. The number of alkyl halides is 3. The summed E-state index contributed by atoms with van der Waals surface area (Å²) in [5.74, 6) is 0.849. The molecule has 0 radical (unpaired) electrons. The van der Waals surface area contributed by atoms with Crippen molar-refractivity contribution < 1.29 is 22.6 Å². The van der Waals surface area contributed by atoms with E-state index in [0.717, 1.165) is 0 Å². The minimum absolute atomic E-state index is 0.0761. The highest BCUT2D eigenvalue weighted by Crippen LogP contribution is 2.34. The van der Waals surface area contributed by atoms with Crippen LogP contribution in [-0.4, -0.2) is 23.7 Å². The third kappa shape index (κ3) is 4.29. The van der Waals surface area contributed by atoms with E-state index in [2.05, 4.69) is 21.9 Å². The number of methoxy groups -OCH3 is 1. The number of nitrogens with zero attached hydrogens (tertiary/aromatic N) is 2. The Hall–Kier alpha value is -2.48. The summed E-state index contributed by atoms with van der Waals surface area (Å²) in [6.07, 6.45) is -2.42. The van der Waals surface area contributed by atoms with E-state index in [9.17, 15) is 13.2 Å². The molecule has 0 saturated carbocycles. The van der Waals surface area contributed by atoms with Crippen LogP contribution >= 0.6 is 11.6 Å². The molecule has 0 saturated heterocycles. The number of anilines is 2. The van der Waals surface area contributed by atoms with Crippen LogP contribution < -0.4 is 14.8 Å². The van der Waals surface area contributed by atoms with Gasteiger partial charge in [-0.3, -0.25) is 0 Å². The van der Waals surface area contributed by atoms with E-state index < -0.39 is 16.9 Å². The predicted molar refractivity (Wildman–Crippen MR) is 84.0 cm³/mol. The molecule has 1 aromatic carbocycles. The standard InChI is InChI=1S/C15H13ClF3N3O2/c1-3-6-24-12-7-9(4-5-11(12)23-2)21-14-20-8-10(13(16)22-14)15(17,18)19/h3-5,7-8H,1,6H2,2H3,(H,20,21,22). The van der Waals surface area contributed by atoms with Gasteiger partial charge >= 0.3 is 6.18 Å².